The molecule has 0 bridgehead atoms. The Morgan fingerprint density at radius 2 is 2.06 bits per heavy atom. The molecule has 0 amide bonds. The van der Waals surface area contributed by atoms with E-state index in [0.29, 0.717) is 12.2 Å². The third-order valence-corrected chi connectivity index (χ3v) is 3.06. The highest BCUT2D eigenvalue weighted by atomic mass is 32.1. The Morgan fingerprint density at radius 1 is 1.25 bits per heavy atom. The van der Waals surface area contributed by atoms with E-state index in [4.69, 9.17) is 0 Å². The number of para-hydroxylation sites is 1. The number of carbonyl (C=O) groups excluding carboxylic acids is 1. The van der Waals surface area contributed by atoms with Gasteiger partial charge >= 0.3 is 0 Å². The maximum Gasteiger partial charge on any atom is 0.0736 e. The zero-order chi connectivity index (χ0) is 11.4. The molecule has 0 fully saturated rings. The number of hydrogen-bond donors (Lipinski definition) is 1. The predicted molar refractivity (Wildman–Crippen MR) is 62.4 cm³/mol. The van der Waals surface area contributed by atoms with Crippen molar-refractivity contribution >= 4 is 23.0 Å². The second kappa shape index (κ2) is 4.81. The van der Waals surface area contributed by atoms with E-state index in [9.17, 15) is 9.90 Å². The standard InChI is InChI=1S/C12H11NO2S/c14-12(15)10-5-1-2-6-11(10)13-8-9-4-3-7-16-9/h1-7,13H,8H2,(H,14,15)/p-1. The van der Waals surface area contributed by atoms with Crippen molar-refractivity contribution in [3.8, 4) is 0 Å². The Balaban J connectivity index is 2.12. The lowest BCUT2D eigenvalue weighted by molar-refractivity contribution is -0.254. The lowest BCUT2D eigenvalue weighted by Crippen LogP contribution is -2.23. The first-order chi connectivity index (χ1) is 7.77. The monoisotopic (exact) mass is 232 g/mol. The number of thiophene rings is 1. The normalized spacial score (nSPS) is 10.0. The van der Waals surface area contributed by atoms with Crippen LogP contribution in [0.5, 0.6) is 0 Å². The van der Waals surface area contributed by atoms with Crippen molar-refractivity contribution in [3.63, 3.8) is 0 Å². The third-order valence-electron chi connectivity index (χ3n) is 2.18. The minimum Gasteiger partial charge on any atom is -0.545 e. The number of carboxylic acid groups (broad SMARTS) is 1. The van der Waals surface area contributed by atoms with Crippen molar-refractivity contribution in [2.75, 3.05) is 5.32 Å². The van der Waals surface area contributed by atoms with Crippen molar-refractivity contribution in [3.05, 3.63) is 52.2 Å². The van der Waals surface area contributed by atoms with Gasteiger partial charge in [0, 0.05) is 22.7 Å². The van der Waals surface area contributed by atoms with Crippen LogP contribution in [0.15, 0.2) is 41.8 Å². The first kappa shape index (κ1) is 10.7. The number of anilines is 1. The summed E-state index contributed by atoms with van der Waals surface area (Å²) in [5.41, 5.74) is 0.787. The molecule has 0 spiro atoms. The Hall–Kier alpha value is -1.81. The number of nitrogens with one attached hydrogen (secondary N) is 1. The Morgan fingerprint density at radius 3 is 2.75 bits per heavy atom. The topological polar surface area (TPSA) is 52.2 Å². The summed E-state index contributed by atoms with van der Waals surface area (Å²) in [6.07, 6.45) is 0. The highest BCUT2D eigenvalue weighted by Gasteiger charge is 2.01. The summed E-state index contributed by atoms with van der Waals surface area (Å²) < 4.78 is 0. The van der Waals surface area contributed by atoms with E-state index < -0.39 is 5.97 Å². The Labute approximate surface area is 97.4 Å². The average molecular weight is 232 g/mol. The summed E-state index contributed by atoms with van der Waals surface area (Å²) in [7, 11) is 0. The number of rotatable bonds is 4. The summed E-state index contributed by atoms with van der Waals surface area (Å²) in [5, 5.41) is 15.9. The molecule has 2 aromatic rings. The SMILES string of the molecule is O=C([O-])c1ccccc1NCc1cccs1. The molecular formula is C12H10NO2S-. The molecular weight excluding hydrogens is 222 g/mol. The van der Waals surface area contributed by atoms with E-state index in [1.165, 1.54) is 6.07 Å². The maximum atomic E-state index is 10.8. The molecule has 1 aromatic carbocycles. The quantitative estimate of drug-likeness (QED) is 0.873. The smallest absolute Gasteiger partial charge is 0.0736 e. The van der Waals surface area contributed by atoms with Crippen LogP contribution in [0.2, 0.25) is 0 Å². The summed E-state index contributed by atoms with van der Waals surface area (Å²) in [6, 6.07) is 10.7. The van der Waals surface area contributed by atoms with E-state index in [0.717, 1.165) is 4.88 Å². The molecule has 0 saturated carbocycles. The molecule has 0 unspecified atom stereocenters. The van der Waals surface area contributed by atoms with Gasteiger partial charge in [0.15, 0.2) is 0 Å². The molecule has 0 atom stereocenters. The largest absolute Gasteiger partial charge is 0.545 e. The first-order valence-corrected chi connectivity index (χ1v) is 5.72. The van der Waals surface area contributed by atoms with Gasteiger partial charge in [-0.3, -0.25) is 0 Å². The summed E-state index contributed by atoms with van der Waals surface area (Å²) in [6.45, 7) is 0.627. The van der Waals surface area contributed by atoms with Gasteiger partial charge in [-0.1, -0.05) is 24.3 Å². The molecule has 1 N–H and O–H groups in total. The Kier molecular flexibility index (Phi) is 3.22. The van der Waals surface area contributed by atoms with Gasteiger partial charge in [-0.05, 0) is 17.5 Å². The van der Waals surface area contributed by atoms with Crippen LogP contribution in [0.25, 0.3) is 0 Å². The fourth-order valence-corrected chi connectivity index (χ4v) is 2.06. The number of aromatic carboxylic acids is 1. The average Bonchev–Trinajstić information content (AvgIpc) is 2.79. The molecule has 2 rings (SSSR count). The Bertz CT molecular complexity index is 480. The minimum absolute atomic E-state index is 0.194. The van der Waals surface area contributed by atoms with Crippen molar-refractivity contribution < 1.29 is 9.90 Å². The number of hydrogen-bond acceptors (Lipinski definition) is 4. The van der Waals surface area contributed by atoms with Crippen LogP contribution in [-0.2, 0) is 6.54 Å². The second-order valence-electron chi connectivity index (χ2n) is 3.27. The van der Waals surface area contributed by atoms with Gasteiger partial charge in [0.05, 0.1) is 5.97 Å². The number of benzene rings is 1. The van der Waals surface area contributed by atoms with Crippen molar-refractivity contribution in [1.29, 1.82) is 0 Å². The highest BCUT2D eigenvalue weighted by molar-refractivity contribution is 7.09. The molecule has 16 heavy (non-hydrogen) atoms. The van der Waals surface area contributed by atoms with E-state index in [2.05, 4.69) is 5.32 Å². The highest BCUT2D eigenvalue weighted by Crippen LogP contribution is 2.16. The predicted octanol–water partition coefficient (Wildman–Crippen LogP) is 1.72. The fourth-order valence-electron chi connectivity index (χ4n) is 1.41. The molecule has 1 heterocycles. The zero-order valence-corrected chi connectivity index (χ0v) is 9.29. The lowest BCUT2D eigenvalue weighted by Gasteiger charge is -2.11. The maximum absolute atomic E-state index is 10.8. The van der Waals surface area contributed by atoms with E-state index >= 15 is 0 Å². The van der Waals surface area contributed by atoms with Gasteiger partial charge in [0.2, 0.25) is 0 Å². The molecule has 0 aliphatic carbocycles. The van der Waals surface area contributed by atoms with Crippen molar-refractivity contribution in [1.82, 2.24) is 0 Å². The van der Waals surface area contributed by atoms with E-state index in [1.807, 2.05) is 17.5 Å². The molecule has 0 aliphatic heterocycles. The molecule has 0 saturated heterocycles. The van der Waals surface area contributed by atoms with Crippen LogP contribution in [-0.4, -0.2) is 5.97 Å². The number of carbonyl (C=O) groups is 1. The third kappa shape index (κ3) is 2.41. The summed E-state index contributed by atoms with van der Waals surface area (Å²) in [5.74, 6) is -1.16. The minimum atomic E-state index is -1.16. The molecule has 0 aliphatic rings. The zero-order valence-electron chi connectivity index (χ0n) is 8.47. The van der Waals surface area contributed by atoms with Crippen molar-refractivity contribution in [2.24, 2.45) is 0 Å². The van der Waals surface area contributed by atoms with Gasteiger partial charge < -0.3 is 15.2 Å². The van der Waals surface area contributed by atoms with Gasteiger partial charge in [0.1, 0.15) is 0 Å². The summed E-state index contributed by atoms with van der Waals surface area (Å²) in [4.78, 5) is 12.0. The van der Waals surface area contributed by atoms with Crippen LogP contribution < -0.4 is 10.4 Å². The van der Waals surface area contributed by atoms with Crippen LogP contribution in [0.3, 0.4) is 0 Å². The van der Waals surface area contributed by atoms with Crippen LogP contribution in [0.1, 0.15) is 15.2 Å². The van der Waals surface area contributed by atoms with E-state index in [1.54, 1.807) is 29.5 Å². The van der Waals surface area contributed by atoms with Gasteiger partial charge in [-0.15, -0.1) is 11.3 Å². The molecule has 0 radical (unpaired) electrons. The molecule has 1 aromatic heterocycles. The summed E-state index contributed by atoms with van der Waals surface area (Å²) >= 11 is 1.63. The van der Waals surface area contributed by atoms with Gasteiger partial charge in [-0.25, -0.2) is 0 Å². The van der Waals surface area contributed by atoms with Crippen LogP contribution >= 0.6 is 11.3 Å². The molecule has 4 heteroatoms. The van der Waals surface area contributed by atoms with Crippen LogP contribution in [0.4, 0.5) is 5.69 Å². The second-order valence-corrected chi connectivity index (χ2v) is 4.30. The van der Waals surface area contributed by atoms with Crippen molar-refractivity contribution in [2.45, 2.75) is 6.54 Å². The van der Waals surface area contributed by atoms with E-state index in [-0.39, 0.29) is 5.56 Å². The fraction of sp³-hybridized carbons (Fsp3) is 0.0833. The first-order valence-electron chi connectivity index (χ1n) is 4.84. The van der Waals surface area contributed by atoms with Gasteiger partial charge in [-0.2, -0.15) is 0 Å². The number of carboxylic acids is 1. The molecule has 82 valence electrons. The lowest BCUT2D eigenvalue weighted by atomic mass is 10.2. The van der Waals surface area contributed by atoms with Crippen LogP contribution in [0, 0.1) is 0 Å². The molecule has 3 nitrogen and oxygen atoms in total. The van der Waals surface area contributed by atoms with Gasteiger partial charge in [0.25, 0.3) is 0 Å².